The van der Waals surface area contributed by atoms with E-state index in [0.29, 0.717) is 21.0 Å². The number of hydrogen-bond acceptors (Lipinski definition) is 5. The summed E-state index contributed by atoms with van der Waals surface area (Å²) in [7, 11) is 4.61. The number of ether oxygens (including phenoxy) is 1. The van der Waals surface area contributed by atoms with Gasteiger partial charge >= 0.3 is 5.97 Å². The van der Waals surface area contributed by atoms with Crippen molar-refractivity contribution in [2.45, 2.75) is 6.92 Å². The van der Waals surface area contributed by atoms with Gasteiger partial charge in [0.15, 0.2) is 5.11 Å². The fourth-order valence-corrected chi connectivity index (χ4v) is 4.85. The number of amides is 1. The van der Waals surface area contributed by atoms with Crippen LogP contribution in [0.1, 0.15) is 25.6 Å². The average Bonchev–Trinajstić information content (AvgIpc) is 2.91. The molecule has 2 N–H and O–H groups in total. The van der Waals surface area contributed by atoms with E-state index in [9.17, 15) is 9.59 Å². The minimum atomic E-state index is -0.531. The van der Waals surface area contributed by atoms with E-state index in [2.05, 4.69) is 42.5 Å². The maximum absolute atomic E-state index is 12.4. The van der Waals surface area contributed by atoms with Gasteiger partial charge in [-0.05, 0) is 58.8 Å². The molecule has 27 heavy (non-hydrogen) atoms. The Bertz CT molecular complexity index is 913. The molecule has 0 aliphatic carbocycles. The minimum absolute atomic E-state index is 0.190. The van der Waals surface area contributed by atoms with Crippen LogP contribution in [0.5, 0.6) is 0 Å². The van der Waals surface area contributed by atoms with Crippen LogP contribution in [0.3, 0.4) is 0 Å². The van der Waals surface area contributed by atoms with Crippen LogP contribution >= 0.6 is 55.4 Å². The molecule has 0 saturated carbocycles. The van der Waals surface area contributed by atoms with Crippen molar-refractivity contribution < 1.29 is 14.3 Å². The Hall–Kier alpha value is -1.49. The summed E-state index contributed by atoms with van der Waals surface area (Å²) in [6, 6.07) is 5.61. The van der Waals surface area contributed by atoms with Gasteiger partial charge in [0.05, 0.1) is 23.2 Å². The Kier molecular flexibility index (Phi) is 7.38. The van der Waals surface area contributed by atoms with Gasteiger partial charge in [0.1, 0.15) is 5.00 Å². The quantitative estimate of drug-likeness (QED) is 0.430. The molecule has 0 fully saturated rings. The number of anilines is 2. The first kappa shape index (κ1) is 21.8. The highest BCUT2D eigenvalue weighted by Gasteiger charge is 2.26. The van der Waals surface area contributed by atoms with Gasteiger partial charge in [-0.3, -0.25) is 4.79 Å². The van der Waals surface area contributed by atoms with Crippen molar-refractivity contribution in [1.29, 1.82) is 0 Å². The lowest BCUT2D eigenvalue weighted by molar-refractivity contribution is 0.0601. The third-order valence-electron chi connectivity index (χ3n) is 3.54. The zero-order valence-corrected chi connectivity index (χ0v) is 19.8. The van der Waals surface area contributed by atoms with Crippen LogP contribution in [0.25, 0.3) is 0 Å². The summed E-state index contributed by atoms with van der Waals surface area (Å²) >= 11 is 13.4. The van der Waals surface area contributed by atoms with Crippen LogP contribution < -0.4 is 10.6 Å². The van der Waals surface area contributed by atoms with E-state index in [1.807, 2.05) is 18.2 Å². The summed E-state index contributed by atoms with van der Waals surface area (Å²) in [6.45, 7) is 1.71. The summed E-state index contributed by atoms with van der Waals surface area (Å²) < 4.78 is 6.61. The van der Waals surface area contributed by atoms with Crippen molar-refractivity contribution in [3.63, 3.8) is 0 Å². The molecule has 1 aromatic carbocycles. The molecule has 144 valence electrons. The number of carbonyl (C=O) groups excluding carboxylic acids is 2. The first-order chi connectivity index (χ1) is 12.6. The van der Waals surface area contributed by atoms with Crippen molar-refractivity contribution in [2.75, 3.05) is 31.8 Å². The lowest BCUT2D eigenvalue weighted by atomic mass is 10.1. The van der Waals surface area contributed by atoms with Crippen molar-refractivity contribution in [3.05, 3.63) is 43.1 Å². The first-order valence-electron chi connectivity index (χ1n) is 7.62. The maximum Gasteiger partial charge on any atom is 0.341 e. The van der Waals surface area contributed by atoms with Crippen molar-refractivity contribution in [1.82, 2.24) is 4.90 Å². The van der Waals surface area contributed by atoms with Gasteiger partial charge in [0.25, 0.3) is 5.91 Å². The van der Waals surface area contributed by atoms with Crippen molar-refractivity contribution in [3.8, 4) is 0 Å². The standard InChI is InChI=1S/C17H17Br2N3O3S2/c1-8-12(16(24)25-4)14(27-13(8)15(23)22(2)3)21-17(26)20-11-6-5-9(18)7-10(11)19/h5-7H,1-4H3,(H2,20,21,26). The number of nitrogens with zero attached hydrogens (tertiary/aromatic N) is 1. The van der Waals surface area contributed by atoms with E-state index in [-0.39, 0.29) is 11.0 Å². The second-order valence-electron chi connectivity index (χ2n) is 5.65. The van der Waals surface area contributed by atoms with Crippen molar-refractivity contribution >= 4 is 83.1 Å². The topological polar surface area (TPSA) is 70.7 Å². The second-order valence-corrected chi connectivity index (χ2v) is 8.85. The van der Waals surface area contributed by atoms with Crippen LogP contribution in [0.2, 0.25) is 0 Å². The summed E-state index contributed by atoms with van der Waals surface area (Å²) in [5.74, 6) is -0.720. The Labute approximate surface area is 183 Å². The number of benzene rings is 1. The highest BCUT2D eigenvalue weighted by atomic mass is 79.9. The summed E-state index contributed by atoms with van der Waals surface area (Å²) in [5, 5.41) is 6.81. The normalized spacial score (nSPS) is 10.3. The highest BCUT2D eigenvalue weighted by Crippen LogP contribution is 2.34. The number of halogens is 2. The van der Waals surface area contributed by atoms with Gasteiger partial charge in [-0.15, -0.1) is 11.3 Å². The zero-order valence-electron chi connectivity index (χ0n) is 15.0. The van der Waals surface area contributed by atoms with E-state index in [0.717, 1.165) is 26.0 Å². The lowest BCUT2D eigenvalue weighted by Crippen LogP contribution is -2.21. The molecule has 10 heteroatoms. The van der Waals surface area contributed by atoms with E-state index in [1.54, 1.807) is 21.0 Å². The third-order valence-corrected chi connectivity index (χ3v) is 6.09. The molecule has 1 aromatic heterocycles. The van der Waals surface area contributed by atoms with Gasteiger partial charge in [-0.1, -0.05) is 15.9 Å². The molecule has 2 rings (SSSR count). The Morgan fingerprint density at radius 1 is 1.22 bits per heavy atom. The number of carbonyl (C=O) groups is 2. The zero-order chi connectivity index (χ0) is 20.3. The molecule has 0 spiro atoms. The SMILES string of the molecule is COC(=O)c1c(NC(=S)Nc2ccc(Br)cc2Br)sc(C(=O)N(C)C)c1C. The largest absolute Gasteiger partial charge is 0.465 e. The number of thiophene rings is 1. The van der Waals surface area contributed by atoms with Crippen LogP contribution in [-0.2, 0) is 4.74 Å². The fraction of sp³-hybridized carbons (Fsp3) is 0.235. The molecule has 0 bridgehead atoms. The lowest BCUT2D eigenvalue weighted by Gasteiger charge is -2.12. The highest BCUT2D eigenvalue weighted by molar-refractivity contribution is 9.11. The second kappa shape index (κ2) is 9.13. The predicted molar refractivity (Wildman–Crippen MR) is 120 cm³/mol. The summed E-state index contributed by atoms with van der Waals surface area (Å²) in [4.78, 5) is 26.5. The Balaban J connectivity index is 2.33. The van der Waals surface area contributed by atoms with Crippen LogP contribution in [-0.4, -0.2) is 43.1 Å². The maximum atomic E-state index is 12.4. The van der Waals surface area contributed by atoms with Gasteiger partial charge in [0.2, 0.25) is 0 Å². The first-order valence-corrected chi connectivity index (χ1v) is 10.4. The summed E-state index contributed by atoms with van der Waals surface area (Å²) in [5.41, 5.74) is 1.61. The molecule has 2 aromatic rings. The molecular weight excluding hydrogens is 518 g/mol. The van der Waals surface area contributed by atoms with E-state index >= 15 is 0 Å². The van der Waals surface area contributed by atoms with Crippen LogP contribution in [0.15, 0.2) is 27.1 Å². The number of nitrogens with one attached hydrogen (secondary N) is 2. The molecule has 1 heterocycles. The molecular formula is C17H17Br2N3O3S2. The Morgan fingerprint density at radius 3 is 2.44 bits per heavy atom. The molecule has 6 nitrogen and oxygen atoms in total. The minimum Gasteiger partial charge on any atom is -0.465 e. The van der Waals surface area contributed by atoms with E-state index in [4.69, 9.17) is 17.0 Å². The Morgan fingerprint density at radius 2 is 1.89 bits per heavy atom. The third kappa shape index (κ3) is 5.07. The molecule has 0 aliphatic rings. The van der Waals surface area contributed by atoms with E-state index < -0.39 is 5.97 Å². The fourth-order valence-electron chi connectivity index (χ4n) is 2.20. The average molecular weight is 535 g/mol. The van der Waals surface area contributed by atoms with Gasteiger partial charge in [0, 0.05) is 23.0 Å². The monoisotopic (exact) mass is 533 g/mol. The number of hydrogen-bond donors (Lipinski definition) is 2. The van der Waals surface area contributed by atoms with Crippen LogP contribution in [0.4, 0.5) is 10.7 Å². The molecule has 0 radical (unpaired) electrons. The van der Waals surface area contributed by atoms with Gasteiger partial charge < -0.3 is 20.3 Å². The van der Waals surface area contributed by atoms with Crippen LogP contribution in [0, 0.1) is 6.92 Å². The summed E-state index contributed by atoms with van der Waals surface area (Å²) in [6.07, 6.45) is 0. The van der Waals surface area contributed by atoms with E-state index in [1.165, 1.54) is 12.0 Å². The number of methoxy groups -OCH3 is 1. The molecule has 0 unspecified atom stereocenters. The number of rotatable bonds is 4. The van der Waals surface area contributed by atoms with Gasteiger partial charge in [-0.25, -0.2) is 4.79 Å². The molecule has 0 saturated heterocycles. The van der Waals surface area contributed by atoms with Gasteiger partial charge in [-0.2, -0.15) is 0 Å². The molecule has 1 amide bonds. The van der Waals surface area contributed by atoms with Crippen molar-refractivity contribution in [2.24, 2.45) is 0 Å². The molecule has 0 atom stereocenters. The molecule has 0 aliphatic heterocycles. The number of esters is 1. The predicted octanol–water partition coefficient (Wildman–Crippen LogP) is 4.88. The number of thiocarbonyl (C=S) groups is 1. The smallest absolute Gasteiger partial charge is 0.341 e.